The Labute approximate surface area is 323 Å². The van der Waals surface area contributed by atoms with Gasteiger partial charge in [0.25, 0.3) is 5.97 Å². The number of hydrogen-bond donors (Lipinski definition) is 1. The molecule has 8 fully saturated rings. The standard InChI is InChI=1S/C40H50O16/c1-9-25(43)50-30-39-24-16-27(45)49-28(22-11-14-47-17-22)32(24,5)12-13-37(39)36(19-41)23(15-26(44)48-10-2)33(6)18-38(36,55-35(8,54-37)56-39)40(30,53-21(4)42)29(33)51-31(46)34(7)20(3)52-34/h11,14,17,20,23-24,28-30,41H,9-10,12-13,15-16,18-19H2,1-8H3/t20-,23+,24-,28+,29+,30+,32-,33-,34+,35?,36+,37+,38+,39-,40+/m1/s1. The zero-order valence-electron chi connectivity index (χ0n) is 32.9. The van der Waals surface area contributed by atoms with Crippen molar-refractivity contribution in [3.8, 4) is 0 Å². The summed E-state index contributed by atoms with van der Waals surface area (Å²) in [6.07, 6.45) is -1.83. The van der Waals surface area contributed by atoms with Gasteiger partial charge in [0.1, 0.15) is 22.9 Å². The number of carbonyl (C=O) groups excluding carboxylic acids is 5. The van der Waals surface area contributed by atoms with E-state index in [1.54, 1.807) is 47.6 Å². The molecule has 1 aromatic rings. The summed E-state index contributed by atoms with van der Waals surface area (Å²) in [4.78, 5) is 70.1. The van der Waals surface area contributed by atoms with E-state index in [0.29, 0.717) is 12.0 Å². The van der Waals surface area contributed by atoms with Crippen molar-refractivity contribution in [2.75, 3.05) is 13.2 Å². The lowest BCUT2D eigenvalue weighted by Gasteiger charge is -2.77. The number of furan rings is 1. The Kier molecular flexibility index (Phi) is 7.69. The van der Waals surface area contributed by atoms with Gasteiger partial charge in [-0.1, -0.05) is 20.8 Å². The molecule has 0 amide bonds. The lowest BCUT2D eigenvalue weighted by Crippen LogP contribution is -2.95. The second kappa shape index (κ2) is 11.3. The van der Waals surface area contributed by atoms with Crippen molar-refractivity contribution in [2.24, 2.45) is 28.1 Å². The van der Waals surface area contributed by atoms with Gasteiger partial charge in [-0.15, -0.1) is 0 Å². The maximum absolute atomic E-state index is 14.4. The molecule has 0 aromatic carbocycles. The van der Waals surface area contributed by atoms with Crippen LogP contribution in [0, 0.1) is 28.1 Å². The Bertz CT molecular complexity index is 1920. The van der Waals surface area contributed by atoms with Gasteiger partial charge in [0, 0.05) is 49.0 Å². The Morgan fingerprint density at radius 1 is 0.946 bits per heavy atom. The van der Waals surface area contributed by atoms with Crippen LogP contribution in [0.4, 0.5) is 0 Å². The van der Waals surface area contributed by atoms with Gasteiger partial charge in [0.2, 0.25) is 5.60 Å². The Morgan fingerprint density at radius 2 is 1.66 bits per heavy atom. The molecule has 1 N–H and O–H groups in total. The Morgan fingerprint density at radius 3 is 2.27 bits per heavy atom. The van der Waals surface area contributed by atoms with Gasteiger partial charge < -0.3 is 52.2 Å². The number of rotatable bonds is 10. The van der Waals surface area contributed by atoms with Crippen LogP contribution in [0.3, 0.4) is 0 Å². The number of cyclic esters (lactones) is 1. The van der Waals surface area contributed by atoms with Crippen LogP contribution in [-0.2, 0) is 66.6 Å². The highest BCUT2D eigenvalue weighted by molar-refractivity contribution is 5.83. The third-order valence-electron chi connectivity index (χ3n) is 15.5. The molecule has 5 heterocycles. The Balaban J connectivity index is 1.39. The number of esters is 5. The number of fused-ring (bicyclic) bond motifs is 3. The predicted octanol–water partition coefficient (Wildman–Crippen LogP) is 3.35. The van der Waals surface area contributed by atoms with Crippen LogP contribution in [0.5, 0.6) is 0 Å². The first-order valence-corrected chi connectivity index (χ1v) is 19.7. The molecule has 4 saturated heterocycles. The van der Waals surface area contributed by atoms with Crippen molar-refractivity contribution in [1.29, 1.82) is 0 Å². The normalized spacial score (nSPS) is 51.1. The lowest BCUT2D eigenvalue weighted by atomic mass is 9.33. The van der Waals surface area contributed by atoms with E-state index in [1.807, 2.05) is 6.92 Å². The summed E-state index contributed by atoms with van der Waals surface area (Å²) < 4.78 is 64.4. The smallest absolute Gasteiger partial charge is 0.341 e. The molecular formula is C40H50O16. The summed E-state index contributed by atoms with van der Waals surface area (Å²) in [6.45, 7) is 12.5. The minimum absolute atomic E-state index is 0.0507. The molecule has 1 aromatic heterocycles. The van der Waals surface area contributed by atoms with E-state index in [-0.39, 0.29) is 38.7 Å². The zero-order chi connectivity index (χ0) is 40.3. The SMILES string of the molecule is CCOC(=O)C[C@H]1[C@@]2(C)C[C@@]34OC5(C)O[C@@]6([C@H](OC(=O)CC)[C@@]3(OC(C)=O)[C@H]2OC(=O)[C@@]2(C)O[C@@H]2C)[C@@H]2CC(=O)O[C@@H](c3ccoc3)[C@]2(C)CC[C@]6(O5)[C@]14CO. The summed E-state index contributed by atoms with van der Waals surface area (Å²) in [6, 6.07) is 1.71. The summed E-state index contributed by atoms with van der Waals surface area (Å²) in [7, 11) is 0. The van der Waals surface area contributed by atoms with Gasteiger partial charge >= 0.3 is 29.8 Å². The van der Waals surface area contributed by atoms with Gasteiger partial charge in [-0.3, -0.25) is 19.2 Å². The number of aliphatic hydroxyl groups excluding tert-OH is 1. The molecule has 0 radical (unpaired) electrons. The first-order chi connectivity index (χ1) is 26.3. The third-order valence-corrected chi connectivity index (χ3v) is 15.5. The number of hydrogen-bond acceptors (Lipinski definition) is 16. The van der Waals surface area contributed by atoms with Crippen LogP contribution in [0.25, 0.3) is 0 Å². The number of carbonyl (C=O) groups is 5. The highest BCUT2D eigenvalue weighted by Crippen LogP contribution is 2.90. The zero-order valence-corrected chi connectivity index (χ0v) is 32.9. The van der Waals surface area contributed by atoms with Gasteiger partial charge in [-0.25, -0.2) is 4.79 Å². The van der Waals surface area contributed by atoms with Gasteiger partial charge in [-0.05, 0) is 52.0 Å². The lowest BCUT2D eigenvalue weighted by molar-refractivity contribution is -0.483. The average molecular weight is 787 g/mol. The number of ether oxygens (including phenoxy) is 9. The van der Waals surface area contributed by atoms with E-state index in [0.717, 1.165) is 0 Å². The van der Waals surface area contributed by atoms with E-state index in [2.05, 4.69) is 0 Å². The van der Waals surface area contributed by atoms with Crippen LogP contribution in [0.2, 0.25) is 0 Å². The summed E-state index contributed by atoms with van der Waals surface area (Å²) in [5.41, 5.74) is -12.6. The highest BCUT2D eigenvalue weighted by atomic mass is 16.9. The average Bonchev–Trinajstić information content (AvgIpc) is 3.46. The molecule has 16 nitrogen and oxygen atoms in total. The summed E-state index contributed by atoms with van der Waals surface area (Å²) in [5, 5.41) is 12.3. The fourth-order valence-electron chi connectivity index (χ4n) is 13.6. The molecule has 9 rings (SSSR count). The predicted molar refractivity (Wildman–Crippen MR) is 183 cm³/mol. The molecule has 4 saturated carbocycles. The Hall–Kier alpha value is -3.57. The molecule has 1 unspecified atom stereocenters. The quantitative estimate of drug-likeness (QED) is 0.205. The maximum Gasteiger partial charge on any atom is 0.341 e. The van der Waals surface area contributed by atoms with Crippen molar-refractivity contribution >= 4 is 29.8 Å². The third kappa shape index (κ3) is 3.96. The van der Waals surface area contributed by atoms with Crippen LogP contribution < -0.4 is 0 Å². The topological polar surface area (TPSA) is 205 Å². The molecule has 4 aliphatic heterocycles. The van der Waals surface area contributed by atoms with Crippen molar-refractivity contribution in [2.45, 2.75) is 152 Å². The molecule has 56 heavy (non-hydrogen) atoms. The van der Waals surface area contributed by atoms with Crippen LogP contribution in [-0.4, -0.2) is 100 Å². The fraction of sp³-hybridized carbons (Fsp3) is 0.775. The highest BCUT2D eigenvalue weighted by Gasteiger charge is 3.06. The molecule has 4 aliphatic carbocycles. The van der Waals surface area contributed by atoms with Gasteiger partial charge in [0.15, 0.2) is 17.8 Å². The van der Waals surface area contributed by atoms with E-state index < -0.39 is 123 Å². The number of epoxide rings is 1. The van der Waals surface area contributed by atoms with Crippen molar-refractivity contribution in [1.82, 2.24) is 0 Å². The molecule has 306 valence electrons. The largest absolute Gasteiger partial charge is 0.472 e. The van der Waals surface area contributed by atoms with Crippen molar-refractivity contribution in [3.63, 3.8) is 0 Å². The number of aliphatic hydroxyl groups is 1. The van der Waals surface area contributed by atoms with Crippen molar-refractivity contribution < 1.29 is 76.1 Å². The second-order valence-corrected chi connectivity index (χ2v) is 17.9. The van der Waals surface area contributed by atoms with Crippen LogP contribution in [0.1, 0.15) is 106 Å². The molecule has 2 spiro atoms. The monoisotopic (exact) mass is 786 g/mol. The van der Waals surface area contributed by atoms with Crippen LogP contribution in [0.15, 0.2) is 23.0 Å². The minimum atomic E-state index is -2.24. The summed E-state index contributed by atoms with van der Waals surface area (Å²) in [5.74, 6) is -7.33. The van der Waals surface area contributed by atoms with Gasteiger partial charge in [0.05, 0.1) is 43.7 Å². The first-order valence-electron chi connectivity index (χ1n) is 19.7. The van der Waals surface area contributed by atoms with Gasteiger partial charge in [-0.2, -0.15) is 0 Å². The summed E-state index contributed by atoms with van der Waals surface area (Å²) >= 11 is 0. The fourth-order valence-corrected chi connectivity index (χ4v) is 13.6. The van der Waals surface area contributed by atoms with E-state index >= 15 is 0 Å². The van der Waals surface area contributed by atoms with Crippen LogP contribution >= 0.6 is 0 Å². The second-order valence-electron chi connectivity index (χ2n) is 17.9. The maximum atomic E-state index is 14.4. The van der Waals surface area contributed by atoms with E-state index in [9.17, 15) is 29.1 Å². The molecule has 15 atom stereocenters. The minimum Gasteiger partial charge on any atom is -0.472 e. The molecule has 16 heteroatoms. The molecule has 8 aliphatic rings. The molecule has 4 bridgehead atoms. The van der Waals surface area contributed by atoms with E-state index in [4.69, 9.17) is 47.0 Å². The molecular weight excluding hydrogens is 736 g/mol. The van der Waals surface area contributed by atoms with E-state index in [1.165, 1.54) is 19.5 Å². The first kappa shape index (κ1) is 38.0. The van der Waals surface area contributed by atoms with Crippen molar-refractivity contribution in [3.05, 3.63) is 24.2 Å².